The Bertz CT molecular complexity index is 523. The molecule has 100 valence electrons. The summed E-state index contributed by atoms with van der Waals surface area (Å²) in [6, 6.07) is 14.6. The lowest BCUT2D eigenvalue weighted by Gasteiger charge is -2.23. The number of nitrogens with zero attached hydrogens (tertiary/aromatic N) is 2. The van der Waals surface area contributed by atoms with E-state index in [1.165, 1.54) is 5.56 Å². The minimum atomic E-state index is 0.546. The quantitative estimate of drug-likeness (QED) is 0.893. The van der Waals surface area contributed by atoms with Crippen molar-refractivity contribution in [1.82, 2.24) is 4.98 Å². The van der Waals surface area contributed by atoms with Gasteiger partial charge in [0.05, 0.1) is 0 Å². The molecule has 3 nitrogen and oxygen atoms in total. The van der Waals surface area contributed by atoms with E-state index in [0.29, 0.717) is 6.54 Å². The van der Waals surface area contributed by atoms with E-state index >= 15 is 0 Å². The summed E-state index contributed by atoms with van der Waals surface area (Å²) >= 11 is 0. The van der Waals surface area contributed by atoms with Crippen LogP contribution >= 0.6 is 0 Å². The van der Waals surface area contributed by atoms with Gasteiger partial charge in [0.15, 0.2) is 0 Å². The molecule has 1 aromatic carbocycles. The van der Waals surface area contributed by atoms with E-state index in [1.807, 2.05) is 13.0 Å². The molecular formula is C16H21N3. The van der Waals surface area contributed by atoms with Crippen LogP contribution in [-0.4, -0.2) is 11.5 Å². The number of aryl methyl sites for hydroxylation is 1. The summed E-state index contributed by atoms with van der Waals surface area (Å²) in [7, 11) is 0. The monoisotopic (exact) mass is 255 g/mol. The smallest absolute Gasteiger partial charge is 0.129 e. The maximum absolute atomic E-state index is 5.68. The molecule has 0 bridgehead atoms. The zero-order valence-corrected chi connectivity index (χ0v) is 11.6. The van der Waals surface area contributed by atoms with Gasteiger partial charge >= 0.3 is 0 Å². The molecule has 1 aromatic heterocycles. The van der Waals surface area contributed by atoms with Gasteiger partial charge in [-0.1, -0.05) is 36.4 Å². The van der Waals surface area contributed by atoms with Crippen LogP contribution in [-0.2, 0) is 13.1 Å². The third-order valence-electron chi connectivity index (χ3n) is 3.32. The van der Waals surface area contributed by atoms with Gasteiger partial charge in [-0.25, -0.2) is 4.98 Å². The summed E-state index contributed by atoms with van der Waals surface area (Å²) in [5, 5.41) is 0. The molecular weight excluding hydrogens is 234 g/mol. The first kappa shape index (κ1) is 13.6. The Balaban J connectivity index is 2.20. The number of aromatic nitrogens is 1. The number of pyridine rings is 1. The Morgan fingerprint density at radius 2 is 1.84 bits per heavy atom. The highest BCUT2D eigenvalue weighted by atomic mass is 15.2. The maximum atomic E-state index is 5.68. The summed E-state index contributed by atoms with van der Waals surface area (Å²) in [4.78, 5) is 6.92. The van der Waals surface area contributed by atoms with Gasteiger partial charge in [0.25, 0.3) is 0 Å². The van der Waals surface area contributed by atoms with E-state index in [9.17, 15) is 0 Å². The number of hydrogen-bond donors (Lipinski definition) is 1. The van der Waals surface area contributed by atoms with Gasteiger partial charge in [-0.15, -0.1) is 0 Å². The number of anilines is 1. The van der Waals surface area contributed by atoms with E-state index in [-0.39, 0.29) is 0 Å². The van der Waals surface area contributed by atoms with Crippen molar-refractivity contribution in [1.29, 1.82) is 0 Å². The average molecular weight is 255 g/mol. The number of nitrogens with two attached hydrogens (primary N) is 1. The zero-order chi connectivity index (χ0) is 13.7. The second-order valence-electron chi connectivity index (χ2n) is 4.62. The lowest BCUT2D eigenvalue weighted by Crippen LogP contribution is -2.23. The van der Waals surface area contributed by atoms with Crippen LogP contribution in [0.2, 0.25) is 0 Å². The van der Waals surface area contributed by atoms with Crippen LogP contribution in [0.3, 0.4) is 0 Å². The number of benzene rings is 1. The molecule has 0 radical (unpaired) electrons. The highest BCUT2D eigenvalue weighted by molar-refractivity contribution is 5.42. The molecule has 3 heteroatoms. The molecule has 0 saturated carbocycles. The third-order valence-corrected chi connectivity index (χ3v) is 3.32. The Labute approximate surface area is 115 Å². The van der Waals surface area contributed by atoms with Crippen molar-refractivity contribution < 1.29 is 0 Å². The molecule has 0 fully saturated rings. The van der Waals surface area contributed by atoms with E-state index in [1.54, 1.807) is 0 Å². The molecule has 0 unspecified atom stereocenters. The first-order valence-electron chi connectivity index (χ1n) is 6.70. The zero-order valence-electron chi connectivity index (χ0n) is 11.6. The fourth-order valence-corrected chi connectivity index (χ4v) is 2.13. The summed E-state index contributed by atoms with van der Waals surface area (Å²) in [6.07, 6.45) is 0. The molecule has 0 aliphatic heterocycles. The second-order valence-corrected chi connectivity index (χ2v) is 4.62. The highest BCUT2D eigenvalue weighted by Crippen LogP contribution is 2.17. The van der Waals surface area contributed by atoms with Crippen LogP contribution < -0.4 is 10.6 Å². The minimum absolute atomic E-state index is 0.546. The van der Waals surface area contributed by atoms with Crippen molar-refractivity contribution in [3.8, 4) is 0 Å². The standard InChI is InChI=1S/C16H21N3/c1-3-19(12-14-7-5-4-6-8-14)16-10-9-15(11-17)13(2)18-16/h4-10H,3,11-12,17H2,1-2H3. The molecule has 0 spiro atoms. The molecule has 0 atom stereocenters. The fourth-order valence-electron chi connectivity index (χ4n) is 2.13. The minimum Gasteiger partial charge on any atom is -0.353 e. The lowest BCUT2D eigenvalue weighted by molar-refractivity contribution is 0.807. The first-order chi connectivity index (χ1) is 9.24. The molecule has 1 heterocycles. The molecule has 2 rings (SSSR count). The SMILES string of the molecule is CCN(Cc1ccccc1)c1ccc(CN)c(C)n1. The van der Waals surface area contributed by atoms with Gasteiger partial charge in [0.2, 0.25) is 0 Å². The van der Waals surface area contributed by atoms with Gasteiger partial charge in [-0.2, -0.15) is 0 Å². The molecule has 2 N–H and O–H groups in total. The summed E-state index contributed by atoms with van der Waals surface area (Å²) in [5.41, 5.74) is 9.11. The predicted octanol–water partition coefficient (Wildman–Crippen LogP) is 2.88. The molecule has 19 heavy (non-hydrogen) atoms. The van der Waals surface area contributed by atoms with Crippen LogP contribution in [0, 0.1) is 6.92 Å². The van der Waals surface area contributed by atoms with E-state index in [4.69, 9.17) is 5.73 Å². The van der Waals surface area contributed by atoms with Crippen molar-refractivity contribution in [2.75, 3.05) is 11.4 Å². The molecule has 0 aliphatic carbocycles. The van der Waals surface area contributed by atoms with E-state index < -0.39 is 0 Å². The third kappa shape index (κ3) is 3.32. The lowest BCUT2D eigenvalue weighted by atomic mass is 10.2. The average Bonchev–Trinajstić information content (AvgIpc) is 2.46. The fraction of sp³-hybridized carbons (Fsp3) is 0.312. The van der Waals surface area contributed by atoms with Crippen molar-refractivity contribution in [3.05, 3.63) is 59.3 Å². The van der Waals surface area contributed by atoms with Crippen molar-refractivity contribution in [3.63, 3.8) is 0 Å². The van der Waals surface area contributed by atoms with Gasteiger partial charge in [0, 0.05) is 25.3 Å². The van der Waals surface area contributed by atoms with Crippen molar-refractivity contribution in [2.24, 2.45) is 5.73 Å². The van der Waals surface area contributed by atoms with Crippen LogP contribution in [0.4, 0.5) is 5.82 Å². The van der Waals surface area contributed by atoms with E-state index in [0.717, 1.165) is 30.2 Å². The van der Waals surface area contributed by atoms with Gasteiger partial charge in [0.1, 0.15) is 5.82 Å². The first-order valence-corrected chi connectivity index (χ1v) is 6.70. The molecule has 2 aromatic rings. The summed E-state index contributed by atoms with van der Waals surface area (Å²) in [5.74, 6) is 1.01. The topological polar surface area (TPSA) is 42.1 Å². The number of hydrogen-bond acceptors (Lipinski definition) is 3. The normalized spacial score (nSPS) is 10.5. The molecule has 0 saturated heterocycles. The Kier molecular flexibility index (Phi) is 4.53. The summed E-state index contributed by atoms with van der Waals surface area (Å²) < 4.78 is 0. The van der Waals surface area contributed by atoms with Crippen molar-refractivity contribution >= 4 is 5.82 Å². The Morgan fingerprint density at radius 1 is 1.11 bits per heavy atom. The van der Waals surface area contributed by atoms with Gasteiger partial charge < -0.3 is 10.6 Å². The molecule has 0 aliphatic rings. The van der Waals surface area contributed by atoms with Gasteiger partial charge in [-0.3, -0.25) is 0 Å². The van der Waals surface area contributed by atoms with Gasteiger partial charge in [-0.05, 0) is 31.0 Å². The summed E-state index contributed by atoms with van der Waals surface area (Å²) in [6.45, 7) is 6.53. The second kappa shape index (κ2) is 6.34. The van der Waals surface area contributed by atoms with Crippen LogP contribution in [0.15, 0.2) is 42.5 Å². The molecule has 0 amide bonds. The predicted molar refractivity (Wildman–Crippen MR) is 80.0 cm³/mol. The number of rotatable bonds is 5. The Morgan fingerprint density at radius 3 is 2.42 bits per heavy atom. The van der Waals surface area contributed by atoms with Crippen LogP contribution in [0.1, 0.15) is 23.7 Å². The maximum Gasteiger partial charge on any atom is 0.129 e. The Hall–Kier alpha value is -1.87. The largest absolute Gasteiger partial charge is 0.353 e. The highest BCUT2D eigenvalue weighted by Gasteiger charge is 2.08. The van der Waals surface area contributed by atoms with E-state index in [2.05, 4.69) is 53.2 Å². The van der Waals surface area contributed by atoms with Crippen molar-refractivity contribution in [2.45, 2.75) is 26.9 Å². The van der Waals surface area contributed by atoms with Crippen LogP contribution in [0.25, 0.3) is 0 Å². The van der Waals surface area contributed by atoms with Crippen LogP contribution in [0.5, 0.6) is 0 Å².